The Labute approximate surface area is 113 Å². The molecule has 0 aliphatic heterocycles. The molecule has 5 heteroatoms. The minimum Gasteiger partial charge on any atom is -0.313 e. The van der Waals surface area contributed by atoms with Gasteiger partial charge >= 0.3 is 0 Å². The van der Waals surface area contributed by atoms with Gasteiger partial charge in [-0.05, 0) is 38.6 Å². The van der Waals surface area contributed by atoms with Crippen molar-refractivity contribution in [1.29, 1.82) is 0 Å². The predicted molar refractivity (Wildman–Crippen MR) is 74.1 cm³/mol. The smallest absolute Gasteiger partial charge is 0.275 e. The van der Waals surface area contributed by atoms with E-state index in [1.807, 2.05) is 0 Å². The number of hydrogen-bond acceptors (Lipinski definition) is 4. The third-order valence-electron chi connectivity index (χ3n) is 3.60. The summed E-state index contributed by atoms with van der Waals surface area (Å²) in [6.45, 7) is 4.86. The van der Waals surface area contributed by atoms with E-state index < -0.39 is 0 Å². The van der Waals surface area contributed by atoms with Gasteiger partial charge in [-0.15, -0.1) is 0 Å². The number of aromatic nitrogens is 1. The molecule has 0 radical (unpaired) electrons. The lowest BCUT2D eigenvalue weighted by Crippen LogP contribution is -2.34. The summed E-state index contributed by atoms with van der Waals surface area (Å²) >= 11 is 0. The molecule has 1 aromatic rings. The molecule has 0 amide bonds. The van der Waals surface area contributed by atoms with Gasteiger partial charge in [-0.25, -0.2) is 0 Å². The van der Waals surface area contributed by atoms with Gasteiger partial charge in [0, 0.05) is 36.0 Å². The van der Waals surface area contributed by atoms with Crippen LogP contribution in [0.25, 0.3) is 0 Å². The Kier molecular flexibility index (Phi) is 4.47. The number of aryl methyl sites for hydroxylation is 1. The van der Waals surface area contributed by atoms with Crippen molar-refractivity contribution in [3.05, 3.63) is 33.6 Å². The lowest BCUT2D eigenvalue weighted by atomic mass is 10.0. The highest BCUT2D eigenvalue weighted by atomic mass is 16.6. The minimum absolute atomic E-state index is 0.176. The van der Waals surface area contributed by atoms with Gasteiger partial charge in [-0.3, -0.25) is 15.1 Å². The Balaban J connectivity index is 2.08. The quantitative estimate of drug-likeness (QED) is 0.606. The number of nitro groups is 1. The van der Waals surface area contributed by atoms with Crippen molar-refractivity contribution in [2.24, 2.45) is 5.92 Å². The first-order valence-electron chi connectivity index (χ1n) is 6.95. The summed E-state index contributed by atoms with van der Waals surface area (Å²) in [5.74, 6) is 0.716. The highest BCUT2D eigenvalue weighted by molar-refractivity contribution is 5.38. The lowest BCUT2D eigenvalue weighted by molar-refractivity contribution is -0.385. The van der Waals surface area contributed by atoms with Crippen LogP contribution in [0.5, 0.6) is 0 Å². The van der Waals surface area contributed by atoms with Gasteiger partial charge in [-0.2, -0.15) is 0 Å². The van der Waals surface area contributed by atoms with Crippen molar-refractivity contribution < 1.29 is 4.92 Å². The summed E-state index contributed by atoms with van der Waals surface area (Å²) in [5, 5.41) is 14.5. The van der Waals surface area contributed by atoms with Crippen LogP contribution >= 0.6 is 0 Å². The summed E-state index contributed by atoms with van der Waals surface area (Å²) in [6, 6.07) is 2.04. The van der Waals surface area contributed by atoms with E-state index in [2.05, 4.69) is 17.2 Å². The Morgan fingerprint density at radius 3 is 2.89 bits per heavy atom. The summed E-state index contributed by atoms with van der Waals surface area (Å²) < 4.78 is 0. The summed E-state index contributed by atoms with van der Waals surface area (Å²) in [4.78, 5) is 14.9. The Morgan fingerprint density at radius 2 is 2.32 bits per heavy atom. The molecule has 1 fully saturated rings. The van der Waals surface area contributed by atoms with Gasteiger partial charge in [-0.1, -0.05) is 6.92 Å². The van der Waals surface area contributed by atoms with E-state index in [9.17, 15) is 10.1 Å². The molecular formula is C14H21N3O2. The van der Waals surface area contributed by atoms with E-state index in [-0.39, 0.29) is 10.6 Å². The predicted octanol–water partition coefficient (Wildman–Crippen LogP) is 2.62. The van der Waals surface area contributed by atoms with E-state index in [1.165, 1.54) is 12.8 Å². The average Bonchev–Trinajstić information content (AvgIpc) is 3.20. The van der Waals surface area contributed by atoms with Crippen LogP contribution in [0.3, 0.4) is 0 Å². The molecule has 1 N–H and O–H groups in total. The molecule has 1 heterocycles. The number of hydrogen-bond donors (Lipinski definition) is 1. The molecule has 0 aromatic carbocycles. The zero-order valence-corrected chi connectivity index (χ0v) is 11.6. The number of rotatable bonds is 7. The molecule has 0 bridgehead atoms. The average molecular weight is 263 g/mol. The SMILES string of the molecule is CCCNC(Cc1cc([N+](=O)[O-])c(C)cn1)C1CC1. The number of nitrogens with zero attached hydrogens (tertiary/aromatic N) is 2. The van der Waals surface area contributed by atoms with Gasteiger partial charge < -0.3 is 5.32 Å². The third-order valence-corrected chi connectivity index (χ3v) is 3.60. The van der Waals surface area contributed by atoms with E-state index in [0.29, 0.717) is 17.5 Å². The van der Waals surface area contributed by atoms with Crippen LogP contribution in [0.2, 0.25) is 0 Å². The molecule has 1 aliphatic carbocycles. The Bertz CT molecular complexity index is 458. The standard InChI is InChI=1S/C14H21N3O2/c1-3-6-15-13(11-4-5-11)7-12-8-14(17(18)19)10(2)9-16-12/h8-9,11,13,15H,3-7H2,1-2H3. The third kappa shape index (κ3) is 3.73. The first-order chi connectivity index (χ1) is 9.11. The van der Waals surface area contributed by atoms with Crippen LogP contribution in [0.4, 0.5) is 5.69 Å². The molecule has 0 saturated heterocycles. The summed E-state index contributed by atoms with van der Waals surface area (Å²) in [6.07, 6.45) is 6.01. The van der Waals surface area contributed by atoms with Crippen molar-refractivity contribution >= 4 is 5.69 Å². The van der Waals surface area contributed by atoms with E-state index in [1.54, 1.807) is 19.2 Å². The van der Waals surface area contributed by atoms with E-state index in [4.69, 9.17) is 0 Å². The maximum absolute atomic E-state index is 10.9. The first kappa shape index (κ1) is 13.9. The normalized spacial score (nSPS) is 16.3. The van der Waals surface area contributed by atoms with Gasteiger partial charge in [0.2, 0.25) is 0 Å². The lowest BCUT2D eigenvalue weighted by Gasteiger charge is -2.17. The molecule has 1 saturated carbocycles. The van der Waals surface area contributed by atoms with Gasteiger partial charge in [0.05, 0.1) is 4.92 Å². The highest BCUT2D eigenvalue weighted by Gasteiger charge is 2.31. The van der Waals surface area contributed by atoms with Crippen molar-refractivity contribution in [2.75, 3.05) is 6.54 Å². The van der Waals surface area contributed by atoms with Gasteiger partial charge in [0.15, 0.2) is 0 Å². The second-order valence-corrected chi connectivity index (χ2v) is 5.32. The second kappa shape index (κ2) is 6.10. The fourth-order valence-corrected chi connectivity index (χ4v) is 2.32. The molecule has 0 spiro atoms. The van der Waals surface area contributed by atoms with Crippen LogP contribution in [-0.4, -0.2) is 22.5 Å². The van der Waals surface area contributed by atoms with Crippen molar-refractivity contribution in [1.82, 2.24) is 10.3 Å². The van der Waals surface area contributed by atoms with Crippen molar-refractivity contribution in [3.63, 3.8) is 0 Å². The van der Waals surface area contributed by atoms with Crippen LogP contribution in [-0.2, 0) is 6.42 Å². The molecule has 1 aromatic heterocycles. The molecular weight excluding hydrogens is 242 g/mol. The molecule has 1 atom stereocenters. The van der Waals surface area contributed by atoms with Crippen LogP contribution in [0.1, 0.15) is 37.4 Å². The number of pyridine rings is 1. The topological polar surface area (TPSA) is 68.1 Å². The molecule has 1 aliphatic rings. The monoisotopic (exact) mass is 263 g/mol. The van der Waals surface area contributed by atoms with Crippen molar-refractivity contribution in [3.8, 4) is 0 Å². The zero-order valence-electron chi connectivity index (χ0n) is 11.6. The fraction of sp³-hybridized carbons (Fsp3) is 0.643. The first-order valence-corrected chi connectivity index (χ1v) is 6.95. The molecule has 1 unspecified atom stereocenters. The van der Waals surface area contributed by atoms with Crippen LogP contribution < -0.4 is 5.32 Å². The maximum Gasteiger partial charge on any atom is 0.275 e. The van der Waals surface area contributed by atoms with Crippen molar-refractivity contribution in [2.45, 2.75) is 45.6 Å². The molecule has 2 rings (SSSR count). The summed E-state index contributed by atoms with van der Waals surface area (Å²) in [5.41, 5.74) is 1.62. The number of nitrogens with one attached hydrogen (secondary N) is 1. The van der Waals surface area contributed by atoms with Gasteiger partial charge in [0.1, 0.15) is 0 Å². The minimum atomic E-state index is -0.327. The largest absolute Gasteiger partial charge is 0.313 e. The molecule has 5 nitrogen and oxygen atoms in total. The molecule has 19 heavy (non-hydrogen) atoms. The van der Waals surface area contributed by atoms with Crippen LogP contribution in [0.15, 0.2) is 12.3 Å². The molecule has 104 valence electrons. The van der Waals surface area contributed by atoms with Crippen LogP contribution in [0, 0.1) is 23.0 Å². The zero-order chi connectivity index (χ0) is 13.8. The van der Waals surface area contributed by atoms with Gasteiger partial charge in [0.25, 0.3) is 5.69 Å². The maximum atomic E-state index is 10.9. The highest BCUT2D eigenvalue weighted by Crippen LogP contribution is 2.34. The second-order valence-electron chi connectivity index (χ2n) is 5.32. The summed E-state index contributed by atoms with van der Waals surface area (Å²) in [7, 11) is 0. The van der Waals surface area contributed by atoms with E-state index in [0.717, 1.165) is 25.1 Å². The fourth-order valence-electron chi connectivity index (χ4n) is 2.32. The Morgan fingerprint density at radius 1 is 1.58 bits per heavy atom. The Hall–Kier alpha value is -1.49. The van der Waals surface area contributed by atoms with E-state index >= 15 is 0 Å².